The van der Waals surface area contributed by atoms with Gasteiger partial charge >= 0.3 is 0 Å². The Hall–Kier alpha value is -2.44. The average Bonchev–Trinajstić information content (AvgIpc) is 2.60. The summed E-state index contributed by atoms with van der Waals surface area (Å²) in [5.41, 5.74) is 5.08. The summed E-state index contributed by atoms with van der Waals surface area (Å²) in [6.07, 6.45) is 2.52. The van der Waals surface area contributed by atoms with E-state index in [-0.39, 0.29) is 17.7 Å². The van der Waals surface area contributed by atoms with Crippen molar-refractivity contribution in [3.63, 3.8) is 0 Å². The Morgan fingerprint density at radius 1 is 1.50 bits per heavy atom. The van der Waals surface area contributed by atoms with Crippen molar-refractivity contribution in [3.05, 3.63) is 18.3 Å². The number of nitrogens with two attached hydrogens (primary N) is 1. The zero-order chi connectivity index (χ0) is 17.9. The molecule has 2 rings (SSSR count). The van der Waals surface area contributed by atoms with E-state index in [0.717, 1.165) is 5.82 Å². The number of aldehydes is 1. The summed E-state index contributed by atoms with van der Waals surface area (Å²) < 4.78 is 0. The van der Waals surface area contributed by atoms with Crippen LogP contribution < -0.4 is 10.6 Å². The van der Waals surface area contributed by atoms with Crippen LogP contribution in [0.25, 0.3) is 0 Å². The molecule has 1 fully saturated rings. The highest BCUT2D eigenvalue weighted by Crippen LogP contribution is 2.27. The molecule has 0 aliphatic carbocycles. The number of carbonyl (C=O) groups excluding carboxylic acids is 2. The maximum atomic E-state index is 12.9. The number of pyridine rings is 1. The minimum Gasteiger partial charge on any atom is -0.397 e. The van der Waals surface area contributed by atoms with Crippen LogP contribution in [0.2, 0.25) is 0 Å². The zero-order valence-corrected chi connectivity index (χ0v) is 14.5. The third-order valence-corrected chi connectivity index (χ3v) is 4.87. The van der Waals surface area contributed by atoms with Crippen LogP contribution in [-0.2, 0) is 9.59 Å². The van der Waals surface area contributed by atoms with Crippen LogP contribution in [0.15, 0.2) is 18.3 Å². The van der Waals surface area contributed by atoms with Crippen molar-refractivity contribution in [2.45, 2.75) is 33.2 Å². The molecule has 0 spiro atoms. The number of nitrogens with one attached hydrogen (secondary N) is 1. The molecule has 1 aliphatic rings. The van der Waals surface area contributed by atoms with Crippen LogP contribution in [0.5, 0.6) is 0 Å². The molecule has 0 saturated carbocycles. The van der Waals surface area contributed by atoms with E-state index >= 15 is 0 Å². The number of aromatic nitrogens is 1. The van der Waals surface area contributed by atoms with Gasteiger partial charge in [0.25, 0.3) is 0 Å². The van der Waals surface area contributed by atoms with Crippen molar-refractivity contribution in [1.82, 2.24) is 9.88 Å². The maximum absolute atomic E-state index is 12.9. The highest BCUT2D eigenvalue weighted by molar-refractivity contribution is 6.34. The SMILES string of the molecule is CC[C@@](C)(C(=N)C=O)C(=O)N1CCN(c2ccc(N)cn2)[C@H](C)C1. The highest BCUT2D eigenvalue weighted by atomic mass is 16.2. The van der Waals surface area contributed by atoms with Crippen molar-refractivity contribution < 1.29 is 9.59 Å². The first-order valence-electron chi connectivity index (χ1n) is 8.15. The molecule has 1 aromatic heterocycles. The molecule has 0 aromatic carbocycles. The normalized spacial score (nSPS) is 20.4. The maximum Gasteiger partial charge on any atom is 0.234 e. The number of anilines is 2. The van der Waals surface area contributed by atoms with Gasteiger partial charge in [0, 0.05) is 25.7 Å². The van der Waals surface area contributed by atoms with Gasteiger partial charge in [0.05, 0.1) is 23.0 Å². The number of hydrogen-bond donors (Lipinski definition) is 2. The van der Waals surface area contributed by atoms with Crippen molar-refractivity contribution in [3.8, 4) is 0 Å². The van der Waals surface area contributed by atoms with E-state index in [9.17, 15) is 9.59 Å². The fraction of sp³-hybridized carbons (Fsp3) is 0.529. The standard InChI is InChI=1S/C17H25N5O2/c1-4-17(3,14(19)11-23)16(24)21-7-8-22(12(2)10-21)15-6-5-13(18)9-20-15/h5-6,9,11-12,19H,4,7-8,10,18H2,1-3H3/t12-,17+/m1/s1. The quantitative estimate of drug-likeness (QED) is 0.626. The van der Waals surface area contributed by atoms with Gasteiger partial charge in [-0.15, -0.1) is 0 Å². The number of amides is 1. The van der Waals surface area contributed by atoms with E-state index in [1.54, 1.807) is 18.0 Å². The monoisotopic (exact) mass is 331 g/mol. The first-order valence-corrected chi connectivity index (χ1v) is 8.15. The van der Waals surface area contributed by atoms with Crippen LogP contribution in [0, 0.1) is 10.8 Å². The largest absolute Gasteiger partial charge is 0.397 e. The molecule has 0 unspecified atom stereocenters. The molecule has 24 heavy (non-hydrogen) atoms. The number of nitrogen functional groups attached to an aromatic ring is 1. The lowest BCUT2D eigenvalue weighted by Gasteiger charge is -2.43. The Morgan fingerprint density at radius 2 is 2.21 bits per heavy atom. The second kappa shape index (κ2) is 6.98. The predicted octanol–water partition coefficient (Wildman–Crippen LogP) is 1.34. The Balaban J connectivity index is 2.12. The molecule has 3 N–H and O–H groups in total. The third kappa shape index (κ3) is 3.25. The number of rotatable bonds is 5. The fourth-order valence-corrected chi connectivity index (χ4v) is 2.99. The van der Waals surface area contributed by atoms with E-state index in [4.69, 9.17) is 11.1 Å². The lowest BCUT2D eigenvalue weighted by atomic mass is 9.81. The first-order chi connectivity index (χ1) is 11.3. The lowest BCUT2D eigenvalue weighted by molar-refractivity contribution is -0.139. The molecule has 130 valence electrons. The van der Waals surface area contributed by atoms with Gasteiger partial charge in [-0.25, -0.2) is 4.98 Å². The van der Waals surface area contributed by atoms with E-state index in [1.165, 1.54) is 0 Å². The highest BCUT2D eigenvalue weighted by Gasteiger charge is 2.41. The van der Waals surface area contributed by atoms with Crippen LogP contribution in [0.1, 0.15) is 27.2 Å². The van der Waals surface area contributed by atoms with E-state index < -0.39 is 5.41 Å². The second-order valence-corrected chi connectivity index (χ2v) is 6.46. The van der Waals surface area contributed by atoms with Gasteiger partial charge in [-0.2, -0.15) is 0 Å². The van der Waals surface area contributed by atoms with Gasteiger partial charge in [-0.3, -0.25) is 9.59 Å². The minimum atomic E-state index is -1.05. The van der Waals surface area contributed by atoms with Crippen molar-refractivity contribution in [2.75, 3.05) is 30.3 Å². The van der Waals surface area contributed by atoms with E-state index in [0.29, 0.717) is 38.0 Å². The van der Waals surface area contributed by atoms with Gasteiger partial charge in [-0.05, 0) is 32.4 Å². The van der Waals surface area contributed by atoms with Crippen molar-refractivity contribution in [2.24, 2.45) is 5.41 Å². The smallest absolute Gasteiger partial charge is 0.234 e. The molecule has 2 atom stereocenters. The predicted molar refractivity (Wildman–Crippen MR) is 94.2 cm³/mol. The summed E-state index contributed by atoms with van der Waals surface area (Å²) >= 11 is 0. The molecular weight excluding hydrogens is 306 g/mol. The molecule has 1 aliphatic heterocycles. The summed E-state index contributed by atoms with van der Waals surface area (Å²) in [4.78, 5) is 32.1. The van der Waals surface area contributed by atoms with Crippen LogP contribution in [-0.4, -0.2) is 53.5 Å². The fourth-order valence-electron chi connectivity index (χ4n) is 2.99. The third-order valence-electron chi connectivity index (χ3n) is 4.87. The Morgan fingerprint density at radius 3 is 2.71 bits per heavy atom. The molecule has 1 saturated heterocycles. The summed E-state index contributed by atoms with van der Waals surface area (Å²) in [6, 6.07) is 3.78. The summed E-state index contributed by atoms with van der Waals surface area (Å²) in [7, 11) is 0. The minimum absolute atomic E-state index is 0.0883. The van der Waals surface area contributed by atoms with Gasteiger partial charge in [0.2, 0.25) is 5.91 Å². The number of nitrogens with zero attached hydrogens (tertiary/aromatic N) is 3. The van der Waals surface area contributed by atoms with Gasteiger partial charge < -0.3 is 20.9 Å². The molecule has 0 radical (unpaired) electrons. The Labute approximate surface area is 142 Å². The first kappa shape index (κ1) is 17.9. The molecule has 1 amide bonds. The number of carbonyl (C=O) groups is 2. The molecule has 7 nitrogen and oxygen atoms in total. The van der Waals surface area contributed by atoms with Gasteiger partial charge in [-0.1, -0.05) is 6.92 Å². The van der Waals surface area contributed by atoms with Crippen LogP contribution in [0.4, 0.5) is 11.5 Å². The molecule has 0 bridgehead atoms. The van der Waals surface area contributed by atoms with Crippen molar-refractivity contribution >= 4 is 29.4 Å². The molecule has 2 heterocycles. The second-order valence-electron chi connectivity index (χ2n) is 6.46. The molecule has 7 heteroatoms. The van der Waals surface area contributed by atoms with Crippen molar-refractivity contribution in [1.29, 1.82) is 5.41 Å². The molecule has 1 aromatic rings. The summed E-state index contributed by atoms with van der Waals surface area (Å²) in [5.74, 6) is 0.682. The summed E-state index contributed by atoms with van der Waals surface area (Å²) in [5, 5.41) is 7.84. The summed E-state index contributed by atoms with van der Waals surface area (Å²) in [6.45, 7) is 7.26. The Bertz CT molecular complexity index is 630. The topological polar surface area (TPSA) is 103 Å². The zero-order valence-electron chi connectivity index (χ0n) is 14.5. The van der Waals surface area contributed by atoms with Crippen LogP contribution in [0.3, 0.4) is 0 Å². The average molecular weight is 331 g/mol. The van der Waals surface area contributed by atoms with E-state index in [1.807, 2.05) is 26.0 Å². The van der Waals surface area contributed by atoms with Gasteiger partial charge in [0.1, 0.15) is 5.82 Å². The number of piperazine rings is 1. The Kier molecular flexibility index (Phi) is 5.21. The number of hydrogen-bond acceptors (Lipinski definition) is 6. The van der Waals surface area contributed by atoms with E-state index in [2.05, 4.69) is 9.88 Å². The molecular formula is C17H25N5O2. The lowest BCUT2D eigenvalue weighted by Crippen LogP contribution is -2.58. The van der Waals surface area contributed by atoms with Crippen LogP contribution >= 0.6 is 0 Å². The van der Waals surface area contributed by atoms with Gasteiger partial charge in [0.15, 0.2) is 6.29 Å².